The van der Waals surface area contributed by atoms with Crippen molar-refractivity contribution >= 4 is 11.9 Å². The Labute approximate surface area is 96.6 Å². The number of nitrogens with one attached hydrogen (secondary N) is 2. The summed E-state index contributed by atoms with van der Waals surface area (Å²) < 4.78 is 0. The van der Waals surface area contributed by atoms with Crippen LogP contribution in [0.4, 0.5) is 0 Å². The molecule has 0 radical (unpaired) electrons. The average Bonchev–Trinajstić information content (AvgIpc) is 2.20. The lowest BCUT2D eigenvalue weighted by atomic mass is 10.0. The summed E-state index contributed by atoms with van der Waals surface area (Å²) >= 11 is 0. The van der Waals surface area contributed by atoms with E-state index in [0.29, 0.717) is 6.54 Å². The number of rotatable bonds is 7. The van der Waals surface area contributed by atoms with Crippen LogP contribution >= 0.6 is 0 Å². The first-order chi connectivity index (χ1) is 7.40. The fraction of sp³-hybridized carbons (Fsp3) is 0.818. The summed E-state index contributed by atoms with van der Waals surface area (Å²) in [6.07, 6.45) is 0. The van der Waals surface area contributed by atoms with Gasteiger partial charge in [-0.15, -0.1) is 0 Å². The maximum absolute atomic E-state index is 11.7. The molecule has 5 nitrogen and oxygen atoms in total. The Morgan fingerprint density at radius 3 is 2.19 bits per heavy atom. The highest BCUT2D eigenvalue weighted by molar-refractivity contribution is 5.85. The minimum absolute atomic E-state index is 0.118. The summed E-state index contributed by atoms with van der Waals surface area (Å²) in [4.78, 5) is 22.5. The van der Waals surface area contributed by atoms with E-state index in [1.54, 1.807) is 20.8 Å². The molecule has 2 atom stereocenters. The second kappa shape index (κ2) is 7.22. The fourth-order valence-corrected chi connectivity index (χ4v) is 1.26. The zero-order valence-corrected chi connectivity index (χ0v) is 10.4. The summed E-state index contributed by atoms with van der Waals surface area (Å²) in [5.74, 6) is -1.55. The Morgan fingerprint density at radius 1 is 1.25 bits per heavy atom. The predicted molar refractivity (Wildman–Crippen MR) is 62.1 cm³/mol. The van der Waals surface area contributed by atoms with Crippen LogP contribution in [-0.4, -0.2) is 36.1 Å². The number of carboxylic acids is 1. The topological polar surface area (TPSA) is 78.4 Å². The van der Waals surface area contributed by atoms with Crippen LogP contribution in [0.15, 0.2) is 0 Å². The molecule has 0 rings (SSSR count). The van der Waals surface area contributed by atoms with Crippen LogP contribution in [0.2, 0.25) is 0 Å². The Hall–Kier alpha value is -1.10. The van der Waals surface area contributed by atoms with Gasteiger partial charge >= 0.3 is 5.97 Å². The van der Waals surface area contributed by atoms with Gasteiger partial charge in [-0.3, -0.25) is 4.79 Å². The third-order valence-corrected chi connectivity index (χ3v) is 2.38. The maximum Gasteiger partial charge on any atom is 0.326 e. The number of carbonyl (C=O) groups is 2. The molecule has 0 aromatic carbocycles. The number of carboxylic acid groups (broad SMARTS) is 1. The van der Waals surface area contributed by atoms with Gasteiger partial charge in [-0.1, -0.05) is 27.7 Å². The second-order valence-electron chi connectivity index (χ2n) is 4.28. The van der Waals surface area contributed by atoms with E-state index in [2.05, 4.69) is 10.6 Å². The first kappa shape index (κ1) is 14.9. The van der Waals surface area contributed by atoms with Crippen LogP contribution < -0.4 is 10.6 Å². The van der Waals surface area contributed by atoms with E-state index >= 15 is 0 Å². The minimum atomic E-state index is -0.987. The SMILES string of the molecule is CCNCC(C)C(=O)N[C@@H](C(=O)O)C(C)C. The number of carbonyl (C=O) groups excluding carboxylic acids is 1. The van der Waals surface area contributed by atoms with Crippen molar-refractivity contribution in [3.05, 3.63) is 0 Å². The van der Waals surface area contributed by atoms with Gasteiger partial charge in [-0.05, 0) is 12.5 Å². The lowest BCUT2D eigenvalue weighted by Gasteiger charge is -2.20. The molecule has 0 aliphatic rings. The van der Waals surface area contributed by atoms with Crippen LogP contribution in [0.25, 0.3) is 0 Å². The Morgan fingerprint density at radius 2 is 1.81 bits per heavy atom. The maximum atomic E-state index is 11.7. The van der Waals surface area contributed by atoms with Gasteiger partial charge in [0.2, 0.25) is 5.91 Å². The zero-order chi connectivity index (χ0) is 12.7. The average molecular weight is 230 g/mol. The Balaban J connectivity index is 4.24. The molecule has 0 heterocycles. The van der Waals surface area contributed by atoms with E-state index < -0.39 is 12.0 Å². The Kier molecular flexibility index (Phi) is 6.72. The van der Waals surface area contributed by atoms with Crippen molar-refractivity contribution in [3.8, 4) is 0 Å². The van der Waals surface area contributed by atoms with E-state index in [1.165, 1.54) is 0 Å². The molecule has 0 aromatic rings. The van der Waals surface area contributed by atoms with Gasteiger partial charge in [0, 0.05) is 12.5 Å². The third kappa shape index (κ3) is 5.11. The van der Waals surface area contributed by atoms with E-state index in [4.69, 9.17) is 5.11 Å². The molecular formula is C11H22N2O3. The van der Waals surface area contributed by atoms with Crippen LogP contribution in [0.3, 0.4) is 0 Å². The van der Waals surface area contributed by atoms with Crippen molar-refractivity contribution in [2.45, 2.75) is 33.7 Å². The molecule has 0 aliphatic heterocycles. The van der Waals surface area contributed by atoms with Gasteiger partial charge in [0.25, 0.3) is 0 Å². The molecule has 0 bridgehead atoms. The molecule has 0 saturated carbocycles. The Bertz CT molecular complexity index is 241. The van der Waals surface area contributed by atoms with E-state index in [9.17, 15) is 9.59 Å². The summed E-state index contributed by atoms with van der Waals surface area (Å²) in [5.41, 5.74) is 0. The van der Waals surface area contributed by atoms with Crippen molar-refractivity contribution in [2.24, 2.45) is 11.8 Å². The van der Waals surface area contributed by atoms with Crippen molar-refractivity contribution in [1.82, 2.24) is 10.6 Å². The van der Waals surface area contributed by atoms with Crippen LogP contribution in [-0.2, 0) is 9.59 Å². The van der Waals surface area contributed by atoms with Crippen LogP contribution in [0.1, 0.15) is 27.7 Å². The molecule has 0 aromatic heterocycles. The fourth-order valence-electron chi connectivity index (χ4n) is 1.26. The van der Waals surface area contributed by atoms with Crippen LogP contribution in [0, 0.1) is 11.8 Å². The summed E-state index contributed by atoms with van der Waals surface area (Å²) in [6, 6.07) is -0.809. The monoisotopic (exact) mass is 230 g/mol. The zero-order valence-electron chi connectivity index (χ0n) is 10.4. The van der Waals surface area contributed by atoms with Gasteiger partial charge in [-0.2, -0.15) is 0 Å². The van der Waals surface area contributed by atoms with Crippen molar-refractivity contribution in [1.29, 1.82) is 0 Å². The minimum Gasteiger partial charge on any atom is -0.480 e. The van der Waals surface area contributed by atoms with Gasteiger partial charge < -0.3 is 15.7 Å². The normalized spacial score (nSPS) is 14.6. The molecule has 1 amide bonds. The van der Waals surface area contributed by atoms with Crippen molar-refractivity contribution < 1.29 is 14.7 Å². The van der Waals surface area contributed by atoms with E-state index in [-0.39, 0.29) is 17.7 Å². The number of amides is 1. The largest absolute Gasteiger partial charge is 0.480 e. The predicted octanol–water partition coefficient (Wildman–Crippen LogP) is 0.457. The smallest absolute Gasteiger partial charge is 0.326 e. The molecule has 3 N–H and O–H groups in total. The van der Waals surface area contributed by atoms with Gasteiger partial charge in [0.1, 0.15) is 6.04 Å². The van der Waals surface area contributed by atoms with E-state index in [1.807, 2.05) is 6.92 Å². The molecule has 0 saturated heterocycles. The van der Waals surface area contributed by atoms with Crippen molar-refractivity contribution in [3.63, 3.8) is 0 Å². The third-order valence-electron chi connectivity index (χ3n) is 2.38. The molecule has 94 valence electrons. The molecule has 16 heavy (non-hydrogen) atoms. The molecule has 0 fully saturated rings. The lowest BCUT2D eigenvalue weighted by molar-refractivity contribution is -0.143. The molecule has 0 spiro atoms. The summed E-state index contributed by atoms with van der Waals surface area (Å²) in [5, 5.41) is 14.5. The van der Waals surface area contributed by atoms with Gasteiger partial charge in [0.05, 0.1) is 0 Å². The molecular weight excluding hydrogens is 208 g/mol. The first-order valence-electron chi connectivity index (χ1n) is 5.64. The molecule has 5 heteroatoms. The summed E-state index contributed by atoms with van der Waals surface area (Å²) in [6.45, 7) is 8.63. The summed E-state index contributed by atoms with van der Waals surface area (Å²) in [7, 11) is 0. The van der Waals surface area contributed by atoms with E-state index in [0.717, 1.165) is 6.54 Å². The van der Waals surface area contributed by atoms with Gasteiger partial charge in [-0.25, -0.2) is 4.79 Å². The first-order valence-corrected chi connectivity index (χ1v) is 5.64. The molecule has 0 aliphatic carbocycles. The highest BCUT2D eigenvalue weighted by Gasteiger charge is 2.25. The molecule has 1 unspecified atom stereocenters. The lowest BCUT2D eigenvalue weighted by Crippen LogP contribution is -2.47. The van der Waals surface area contributed by atoms with Gasteiger partial charge in [0.15, 0.2) is 0 Å². The highest BCUT2D eigenvalue weighted by atomic mass is 16.4. The highest BCUT2D eigenvalue weighted by Crippen LogP contribution is 2.03. The second-order valence-corrected chi connectivity index (χ2v) is 4.28. The number of hydrogen-bond acceptors (Lipinski definition) is 3. The quantitative estimate of drug-likeness (QED) is 0.593. The standard InChI is InChI=1S/C11H22N2O3/c1-5-12-6-8(4)10(14)13-9(7(2)3)11(15)16/h7-9,12H,5-6H2,1-4H3,(H,13,14)(H,15,16)/t8?,9-/m1/s1. The number of hydrogen-bond donors (Lipinski definition) is 3. The number of aliphatic carboxylic acids is 1. The van der Waals surface area contributed by atoms with Crippen LogP contribution in [0.5, 0.6) is 0 Å². The van der Waals surface area contributed by atoms with Crippen molar-refractivity contribution in [2.75, 3.05) is 13.1 Å².